The van der Waals surface area contributed by atoms with Gasteiger partial charge in [-0.2, -0.15) is 0 Å². The number of rotatable bonds is 6. The summed E-state index contributed by atoms with van der Waals surface area (Å²) in [5, 5.41) is 23.2. The van der Waals surface area contributed by atoms with E-state index in [1.807, 2.05) is 0 Å². The third-order valence-electron chi connectivity index (χ3n) is 3.15. The van der Waals surface area contributed by atoms with E-state index in [4.69, 9.17) is 26.2 Å². The molecule has 126 valence electrons. The topological polar surface area (TPSA) is 111 Å². The van der Waals surface area contributed by atoms with Gasteiger partial charge in [0, 0.05) is 17.8 Å². The van der Waals surface area contributed by atoms with Gasteiger partial charge in [-0.05, 0) is 18.2 Å². The van der Waals surface area contributed by atoms with Crippen molar-refractivity contribution in [3.8, 4) is 11.5 Å². The Bertz CT molecular complexity index is 809. The molecule has 8 nitrogen and oxygen atoms in total. The molecule has 0 saturated carbocycles. The van der Waals surface area contributed by atoms with E-state index in [9.17, 15) is 14.9 Å². The number of anilines is 2. The molecule has 0 heterocycles. The number of methoxy groups -OCH3 is 2. The van der Waals surface area contributed by atoms with Gasteiger partial charge >= 0.3 is 5.97 Å². The minimum absolute atomic E-state index is 0.119. The van der Waals surface area contributed by atoms with Gasteiger partial charge in [0.25, 0.3) is 5.69 Å². The van der Waals surface area contributed by atoms with Crippen LogP contribution in [-0.4, -0.2) is 30.2 Å². The van der Waals surface area contributed by atoms with Crippen molar-refractivity contribution in [2.75, 3.05) is 19.5 Å². The largest absolute Gasteiger partial charge is 0.493 e. The van der Waals surface area contributed by atoms with Crippen LogP contribution in [0.15, 0.2) is 30.3 Å². The average molecular weight is 353 g/mol. The number of ether oxygens (including phenoxy) is 2. The Labute approximate surface area is 141 Å². The van der Waals surface area contributed by atoms with Crippen LogP contribution in [0, 0.1) is 10.1 Å². The molecule has 0 amide bonds. The zero-order valence-corrected chi connectivity index (χ0v) is 13.5. The smallest absolute Gasteiger partial charge is 0.335 e. The maximum absolute atomic E-state index is 11.2. The summed E-state index contributed by atoms with van der Waals surface area (Å²) in [6, 6.07) is 6.62. The second-order valence-corrected chi connectivity index (χ2v) is 5.02. The van der Waals surface area contributed by atoms with Gasteiger partial charge in [-0.25, -0.2) is 4.79 Å². The second-order valence-electron chi connectivity index (χ2n) is 4.61. The first-order chi connectivity index (χ1) is 11.4. The van der Waals surface area contributed by atoms with Crippen LogP contribution in [0.3, 0.4) is 0 Å². The summed E-state index contributed by atoms with van der Waals surface area (Å²) in [5.74, 6) is -0.573. The van der Waals surface area contributed by atoms with Crippen molar-refractivity contribution in [2.45, 2.75) is 0 Å². The summed E-state index contributed by atoms with van der Waals surface area (Å²) in [6.07, 6.45) is 0. The summed E-state index contributed by atoms with van der Waals surface area (Å²) in [6.45, 7) is 0. The highest BCUT2D eigenvalue weighted by molar-refractivity contribution is 6.32. The van der Waals surface area contributed by atoms with Gasteiger partial charge in [0.2, 0.25) is 0 Å². The van der Waals surface area contributed by atoms with Gasteiger partial charge in [0.05, 0.1) is 29.7 Å². The minimum Gasteiger partial charge on any atom is -0.493 e. The van der Waals surface area contributed by atoms with Crippen LogP contribution >= 0.6 is 11.6 Å². The highest BCUT2D eigenvalue weighted by atomic mass is 35.5. The lowest BCUT2D eigenvalue weighted by atomic mass is 10.1. The van der Waals surface area contributed by atoms with Crippen molar-refractivity contribution < 1.29 is 24.3 Å². The molecule has 2 rings (SSSR count). The first-order valence-corrected chi connectivity index (χ1v) is 6.95. The predicted octanol–water partition coefficient (Wildman–Crippen LogP) is 3.71. The van der Waals surface area contributed by atoms with Gasteiger partial charge in [-0.3, -0.25) is 10.1 Å². The van der Waals surface area contributed by atoms with E-state index in [1.165, 1.54) is 32.4 Å². The minimum atomic E-state index is -1.25. The van der Waals surface area contributed by atoms with Gasteiger partial charge in [0.1, 0.15) is 5.69 Å². The molecule has 0 fully saturated rings. The number of carboxylic acid groups (broad SMARTS) is 1. The SMILES string of the molecule is COc1cc(Nc2ccc(C(=O)O)cc2[N+](=O)[O-])cc(Cl)c1OC. The molecule has 0 unspecified atom stereocenters. The van der Waals surface area contributed by atoms with Gasteiger partial charge in [0.15, 0.2) is 11.5 Å². The molecule has 0 atom stereocenters. The fourth-order valence-electron chi connectivity index (χ4n) is 2.07. The Balaban J connectivity index is 2.46. The first kappa shape index (κ1) is 17.4. The summed E-state index contributed by atoms with van der Waals surface area (Å²) < 4.78 is 10.3. The molecule has 2 N–H and O–H groups in total. The Hall–Kier alpha value is -3.00. The third-order valence-corrected chi connectivity index (χ3v) is 3.43. The third kappa shape index (κ3) is 3.49. The number of hydrogen-bond donors (Lipinski definition) is 2. The molecule has 2 aromatic rings. The Morgan fingerprint density at radius 1 is 1.25 bits per heavy atom. The molecule has 0 bridgehead atoms. The number of aromatic carboxylic acids is 1. The number of benzene rings is 2. The van der Waals surface area contributed by atoms with Crippen LogP contribution in [0.5, 0.6) is 11.5 Å². The summed E-state index contributed by atoms with van der Waals surface area (Å²) in [5.41, 5.74) is -0.0180. The van der Waals surface area contributed by atoms with E-state index in [0.717, 1.165) is 6.07 Å². The number of carbonyl (C=O) groups is 1. The van der Waals surface area contributed by atoms with E-state index >= 15 is 0 Å². The zero-order chi connectivity index (χ0) is 17.9. The van der Waals surface area contributed by atoms with Gasteiger partial charge < -0.3 is 19.9 Å². The quantitative estimate of drug-likeness (QED) is 0.602. The van der Waals surface area contributed by atoms with E-state index in [0.29, 0.717) is 17.2 Å². The number of nitro benzene ring substituents is 1. The van der Waals surface area contributed by atoms with E-state index in [-0.39, 0.29) is 22.0 Å². The van der Waals surface area contributed by atoms with Crippen molar-refractivity contribution >= 4 is 34.6 Å². The number of nitrogens with one attached hydrogen (secondary N) is 1. The normalized spacial score (nSPS) is 10.1. The lowest BCUT2D eigenvalue weighted by molar-refractivity contribution is -0.383. The molecule has 0 spiro atoms. The number of nitro groups is 1. The molecule has 0 saturated heterocycles. The zero-order valence-electron chi connectivity index (χ0n) is 12.7. The van der Waals surface area contributed by atoms with Crippen molar-refractivity contribution in [2.24, 2.45) is 0 Å². The van der Waals surface area contributed by atoms with E-state index in [1.54, 1.807) is 6.07 Å². The second kappa shape index (κ2) is 7.05. The average Bonchev–Trinajstić information content (AvgIpc) is 2.54. The van der Waals surface area contributed by atoms with Crippen molar-refractivity contribution in [3.05, 3.63) is 51.0 Å². The molecular formula is C15H13ClN2O6. The monoisotopic (exact) mass is 352 g/mol. The predicted molar refractivity (Wildman–Crippen MR) is 87.9 cm³/mol. The van der Waals surface area contributed by atoms with Crippen molar-refractivity contribution in [1.82, 2.24) is 0 Å². The van der Waals surface area contributed by atoms with Gasteiger partial charge in [-0.15, -0.1) is 0 Å². The Kier molecular flexibility index (Phi) is 5.10. The maximum Gasteiger partial charge on any atom is 0.335 e. The molecule has 24 heavy (non-hydrogen) atoms. The molecule has 0 radical (unpaired) electrons. The number of nitrogens with zero attached hydrogens (tertiary/aromatic N) is 1. The Morgan fingerprint density at radius 2 is 1.96 bits per heavy atom. The highest BCUT2D eigenvalue weighted by Crippen LogP contribution is 2.39. The van der Waals surface area contributed by atoms with Crippen LogP contribution in [0.4, 0.5) is 17.1 Å². The highest BCUT2D eigenvalue weighted by Gasteiger charge is 2.18. The lowest BCUT2D eigenvalue weighted by Crippen LogP contribution is -2.02. The van der Waals surface area contributed by atoms with E-state index in [2.05, 4.69) is 5.32 Å². The summed E-state index contributed by atoms with van der Waals surface area (Å²) >= 11 is 6.09. The van der Waals surface area contributed by atoms with Crippen LogP contribution in [0.2, 0.25) is 5.02 Å². The molecule has 0 aliphatic heterocycles. The standard InChI is InChI=1S/C15H13ClN2O6/c1-23-13-7-9(6-10(16)14(13)24-2)17-11-4-3-8(15(19)20)5-12(11)18(21)22/h3-7,17H,1-2H3,(H,19,20). The molecule has 0 aliphatic carbocycles. The molecule has 9 heteroatoms. The first-order valence-electron chi connectivity index (χ1n) is 6.57. The van der Waals surface area contributed by atoms with Crippen LogP contribution in [0.25, 0.3) is 0 Å². The van der Waals surface area contributed by atoms with Crippen molar-refractivity contribution in [1.29, 1.82) is 0 Å². The molecular weight excluding hydrogens is 340 g/mol. The number of hydrogen-bond acceptors (Lipinski definition) is 6. The van der Waals surface area contributed by atoms with Crippen LogP contribution in [-0.2, 0) is 0 Å². The summed E-state index contributed by atoms with van der Waals surface area (Å²) in [4.78, 5) is 21.5. The van der Waals surface area contributed by atoms with Crippen LogP contribution < -0.4 is 14.8 Å². The van der Waals surface area contributed by atoms with Crippen molar-refractivity contribution in [3.63, 3.8) is 0 Å². The van der Waals surface area contributed by atoms with Crippen LogP contribution in [0.1, 0.15) is 10.4 Å². The van der Waals surface area contributed by atoms with E-state index < -0.39 is 10.9 Å². The van der Waals surface area contributed by atoms with Gasteiger partial charge in [-0.1, -0.05) is 11.6 Å². The molecule has 0 aromatic heterocycles. The Morgan fingerprint density at radius 3 is 2.50 bits per heavy atom. The molecule has 2 aromatic carbocycles. The molecule has 0 aliphatic rings. The fourth-order valence-corrected chi connectivity index (χ4v) is 2.35. The number of halogens is 1. The summed E-state index contributed by atoms with van der Waals surface area (Å²) in [7, 11) is 2.87. The fraction of sp³-hybridized carbons (Fsp3) is 0.133. The maximum atomic E-state index is 11.2. The lowest BCUT2D eigenvalue weighted by Gasteiger charge is -2.13. The number of carboxylic acids is 1.